The van der Waals surface area contributed by atoms with Crippen molar-refractivity contribution in [1.29, 1.82) is 0 Å². The molecular formula is C25H27ClF3N3O. The van der Waals surface area contributed by atoms with Gasteiger partial charge in [0.15, 0.2) is 0 Å². The molecule has 2 heterocycles. The summed E-state index contributed by atoms with van der Waals surface area (Å²) in [6, 6.07) is 11.7. The van der Waals surface area contributed by atoms with Gasteiger partial charge < -0.3 is 10.2 Å². The number of alkyl halides is 3. The van der Waals surface area contributed by atoms with E-state index in [0.29, 0.717) is 17.0 Å². The fourth-order valence-electron chi connectivity index (χ4n) is 4.13. The Morgan fingerprint density at radius 2 is 1.85 bits per heavy atom. The largest absolute Gasteiger partial charge is 0.402 e. The van der Waals surface area contributed by atoms with Gasteiger partial charge in [-0.3, -0.25) is 9.79 Å². The zero-order valence-corrected chi connectivity index (χ0v) is 19.5. The summed E-state index contributed by atoms with van der Waals surface area (Å²) in [7, 11) is 0. The van der Waals surface area contributed by atoms with Crippen LogP contribution in [-0.4, -0.2) is 30.9 Å². The molecule has 1 N–H and O–H groups in total. The lowest BCUT2D eigenvalue weighted by molar-refractivity contribution is -0.211. The van der Waals surface area contributed by atoms with E-state index in [-0.39, 0.29) is 6.54 Å². The van der Waals surface area contributed by atoms with Crippen molar-refractivity contribution in [3.63, 3.8) is 0 Å². The van der Waals surface area contributed by atoms with Gasteiger partial charge in [-0.15, -0.1) is 0 Å². The molecule has 2 aromatic rings. The number of anilines is 1. The number of hydrogen-bond acceptors (Lipinski definition) is 3. The Balaban J connectivity index is 1.44. The van der Waals surface area contributed by atoms with Crippen LogP contribution < -0.4 is 10.2 Å². The average Bonchev–Trinajstić information content (AvgIpc) is 3.42. The minimum Gasteiger partial charge on any atom is -0.371 e. The van der Waals surface area contributed by atoms with Crippen LogP contribution >= 0.6 is 11.6 Å². The lowest BCUT2D eigenvalue weighted by atomic mass is 9.91. The number of halogens is 4. The molecule has 2 aliphatic heterocycles. The zero-order valence-electron chi connectivity index (χ0n) is 18.7. The summed E-state index contributed by atoms with van der Waals surface area (Å²) < 4.78 is 39.3. The molecule has 0 aliphatic carbocycles. The summed E-state index contributed by atoms with van der Waals surface area (Å²) in [5.41, 5.74) is 3.43. The van der Waals surface area contributed by atoms with E-state index in [1.165, 1.54) is 24.1 Å². The third-order valence-electron chi connectivity index (χ3n) is 6.45. The average molecular weight is 478 g/mol. The molecule has 4 rings (SSSR count). The van der Waals surface area contributed by atoms with Crippen molar-refractivity contribution in [3.8, 4) is 0 Å². The molecule has 0 aromatic heterocycles. The van der Waals surface area contributed by atoms with Gasteiger partial charge in [0.05, 0.1) is 5.69 Å². The van der Waals surface area contributed by atoms with Crippen molar-refractivity contribution < 1.29 is 18.0 Å². The molecule has 8 heteroatoms. The number of nitrogens with one attached hydrogen (secondary N) is 1. The number of carbonyl (C=O) groups excluding carboxylic acids is 1. The van der Waals surface area contributed by atoms with Gasteiger partial charge in [0.1, 0.15) is 5.41 Å². The molecule has 33 heavy (non-hydrogen) atoms. The Hall–Kier alpha value is -2.54. The molecule has 0 saturated carbocycles. The van der Waals surface area contributed by atoms with Crippen LogP contribution in [0.4, 0.5) is 24.5 Å². The Morgan fingerprint density at radius 3 is 2.55 bits per heavy atom. The van der Waals surface area contributed by atoms with Gasteiger partial charge in [-0.05, 0) is 61.6 Å². The third kappa shape index (κ3) is 5.03. The molecule has 1 fully saturated rings. The van der Waals surface area contributed by atoms with Crippen molar-refractivity contribution in [2.45, 2.75) is 52.3 Å². The van der Waals surface area contributed by atoms with E-state index in [0.717, 1.165) is 50.3 Å². The van der Waals surface area contributed by atoms with Gasteiger partial charge in [-0.25, -0.2) is 0 Å². The van der Waals surface area contributed by atoms with Crippen LogP contribution in [0.15, 0.2) is 41.4 Å². The first-order valence-electron chi connectivity index (χ1n) is 11.1. The molecule has 1 amide bonds. The normalized spacial score (nSPS) is 16.1. The maximum absolute atomic E-state index is 13.1. The van der Waals surface area contributed by atoms with Crippen LogP contribution in [0.3, 0.4) is 0 Å². The Morgan fingerprint density at radius 1 is 1.12 bits per heavy atom. The number of fused-ring (bicyclic) bond motifs is 1. The Labute approximate surface area is 196 Å². The van der Waals surface area contributed by atoms with Crippen LogP contribution in [-0.2, 0) is 24.2 Å². The van der Waals surface area contributed by atoms with Crippen molar-refractivity contribution in [1.82, 2.24) is 5.32 Å². The smallest absolute Gasteiger partial charge is 0.371 e. The van der Waals surface area contributed by atoms with Crippen molar-refractivity contribution in [2.75, 3.05) is 18.0 Å². The molecule has 2 aromatic carbocycles. The van der Waals surface area contributed by atoms with E-state index < -0.39 is 17.5 Å². The molecule has 176 valence electrons. The van der Waals surface area contributed by atoms with E-state index in [2.05, 4.69) is 28.4 Å². The summed E-state index contributed by atoms with van der Waals surface area (Å²) in [5, 5.41) is 2.96. The Kier molecular flexibility index (Phi) is 6.45. The van der Waals surface area contributed by atoms with E-state index in [9.17, 15) is 18.0 Å². The number of aliphatic imine (C=N–C) groups is 1. The monoisotopic (exact) mass is 477 g/mol. The predicted molar refractivity (Wildman–Crippen MR) is 126 cm³/mol. The second-order valence-corrected chi connectivity index (χ2v) is 9.68. The fourth-order valence-corrected chi connectivity index (χ4v) is 4.32. The predicted octanol–water partition coefficient (Wildman–Crippen LogP) is 6.02. The second kappa shape index (κ2) is 9.01. The summed E-state index contributed by atoms with van der Waals surface area (Å²) >= 11 is 6.39. The number of carbonyl (C=O) groups is 1. The summed E-state index contributed by atoms with van der Waals surface area (Å²) in [4.78, 5) is 19.3. The first kappa shape index (κ1) is 23.6. The molecule has 0 radical (unpaired) electrons. The molecule has 2 aliphatic rings. The number of amides is 1. The molecule has 0 atom stereocenters. The summed E-state index contributed by atoms with van der Waals surface area (Å²) in [6.45, 7) is 3.90. The first-order chi connectivity index (χ1) is 15.5. The summed E-state index contributed by atoms with van der Waals surface area (Å²) in [6.07, 6.45) is -0.898. The highest BCUT2D eigenvalue weighted by Crippen LogP contribution is 2.38. The zero-order chi connectivity index (χ0) is 23.8. The Bertz CT molecular complexity index is 1090. The van der Waals surface area contributed by atoms with Crippen molar-refractivity contribution in [2.24, 2.45) is 10.4 Å². The van der Waals surface area contributed by atoms with E-state index in [1.807, 2.05) is 6.07 Å². The van der Waals surface area contributed by atoms with E-state index >= 15 is 0 Å². The third-order valence-corrected chi connectivity index (χ3v) is 6.82. The molecule has 4 nitrogen and oxygen atoms in total. The SMILES string of the molecule is CC(C)(C(=O)NCc1ccc(Cl)c(CC2=Nc3cc(N4CCCC4)ccc3C2)c1)C(F)(F)F. The van der Waals surface area contributed by atoms with Gasteiger partial charge in [0.25, 0.3) is 0 Å². The maximum Gasteiger partial charge on any atom is 0.402 e. The second-order valence-electron chi connectivity index (χ2n) is 9.27. The molecule has 1 saturated heterocycles. The molecule has 0 unspecified atom stereocenters. The molecule has 0 bridgehead atoms. The molecule has 0 spiro atoms. The highest BCUT2D eigenvalue weighted by Gasteiger charge is 2.52. The van der Waals surface area contributed by atoms with E-state index in [1.54, 1.807) is 12.1 Å². The van der Waals surface area contributed by atoms with Gasteiger partial charge in [-0.2, -0.15) is 13.2 Å². The van der Waals surface area contributed by atoms with Gasteiger partial charge >= 0.3 is 6.18 Å². The van der Waals surface area contributed by atoms with E-state index in [4.69, 9.17) is 16.6 Å². The van der Waals surface area contributed by atoms with Crippen molar-refractivity contribution >= 4 is 34.6 Å². The number of nitrogens with zero attached hydrogens (tertiary/aromatic N) is 2. The van der Waals surface area contributed by atoms with Crippen LogP contribution in [0, 0.1) is 5.41 Å². The highest BCUT2D eigenvalue weighted by atomic mass is 35.5. The standard InChI is InChI=1S/C25H27ClF3N3O/c1-24(2,25(27,28)29)23(33)30-15-16-5-8-21(26)18(11-16)13-19-12-17-6-7-20(14-22(17)31-19)32-9-3-4-10-32/h5-8,11,14H,3-4,9-10,12-13,15H2,1-2H3,(H,30,33). The van der Waals surface area contributed by atoms with Gasteiger partial charge in [0, 0.05) is 48.9 Å². The topological polar surface area (TPSA) is 44.7 Å². The van der Waals surface area contributed by atoms with Crippen molar-refractivity contribution in [3.05, 3.63) is 58.1 Å². The van der Waals surface area contributed by atoms with Gasteiger partial charge in [-0.1, -0.05) is 29.8 Å². The van der Waals surface area contributed by atoms with Crippen LogP contribution in [0.2, 0.25) is 5.02 Å². The number of hydrogen-bond donors (Lipinski definition) is 1. The highest BCUT2D eigenvalue weighted by molar-refractivity contribution is 6.31. The minimum absolute atomic E-state index is 0.00555. The summed E-state index contributed by atoms with van der Waals surface area (Å²) in [5.74, 6) is -1.06. The molecular weight excluding hydrogens is 451 g/mol. The van der Waals surface area contributed by atoms with Crippen LogP contribution in [0.1, 0.15) is 43.4 Å². The first-order valence-corrected chi connectivity index (χ1v) is 11.5. The van der Waals surface area contributed by atoms with Crippen LogP contribution in [0.5, 0.6) is 0 Å². The lowest BCUT2D eigenvalue weighted by Gasteiger charge is -2.26. The fraction of sp³-hybridized carbons (Fsp3) is 0.440. The minimum atomic E-state index is -4.62. The number of benzene rings is 2. The van der Waals surface area contributed by atoms with Crippen LogP contribution in [0.25, 0.3) is 0 Å². The van der Waals surface area contributed by atoms with Gasteiger partial charge in [0.2, 0.25) is 5.91 Å². The number of rotatable bonds is 6. The lowest BCUT2D eigenvalue weighted by Crippen LogP contribution is -2.46. The maximum atomic E-state index is 13.1. The quantitative estimate of drug-likeness (QED) is 0.553.